The van der Waals surface area contributed by atoms with Gasteiger partial charge in [-0.25, -0.2) is 4.98 Å². The summed E-state index contributed by atoms with van der Waals surface area (Å²) in [6.45, 7) is 0. The zero-order chi connectivity index (χ0) is 8.27. The molecule has 0 saturated heterocycles. The Labute approximate surface area is 81.1 Å². The number of pyridine rings is 1. The van der Waals surface area contributed by atoms with Crippen molar-refractivity contribution in [2.45, 2.75) is 6.42 Å². The normalized spacial score (nSPS) is 10.1. The van der Waals surface area contributed by atoms with Gasteiger partial charge in [0.1, 0.15) is 10.3 Å². The lowest BCUT2D eigenvalue weighted by molar-refractivity contribution is 1.12. The number of halogens is 2. The van der Waals surface area contributed by atoms with Gasteiger partial charge >= 0.3 is 0 Å². The van der Waals surface area contributed by atoms with Crippen molar-refractivity contribution >= 4 is 35.8 Å². The van der Waals surface area contributed by atoms with Crippen LogP contribution in [-0.2, 0) is 6.42 Å². The van der Waals surface area contributed by atoms with Gasteiger partial charge in [-0.05, 0) is 23.8 Å². The molecule has 0 amide bonds. The summed E-state index contributed by atoms with van der Waals surface area (Å²) < 4.78 is 0. The minimum Gasteiger partial charge on any atom is -0.224 e. The summed E-state index contributed by atoms with van der Waals surface area (Å²) in [5.41, 5.74) is 0.992. The molecule has 60 valence electrons. The van der Waals surface area contributed by atoms with E-state index in [0.717, 1.165) is 17.7 Å². The quantitative estimate of drug-likeness (QED) is 0.582. The molecule has 0 atom stereocenters. The third-order valence-corrected chi connectivity index (χ3v) is 2.03. The predicted molar refractivity (Wildman–Crippen MR) is 51.8 cm³/mol. The van der Waals surface area contributed by atoms with Crippen molar-refractivity contribution in [1.29, 1.82) is 0 Å². The predicted octanol–water partition coefficient (Wildman–Crippen LogP) is 2.86. The average Bonchev–Trinajstić information content (AvgIpc) is 1.95. The number of nitrogens with zero attached hydrogens (tertiary/aromatic N) is 1. The van der Waals surface area contributed by atoms with E-state index in [9.17, 15) is 0 Å². The Hall–Kier alpha value is 0.0800. The smallest absolute Gasteiger partial charge is 0.134 e. The highest BCUT2D eigenvalue weighted by Gasteiger charge is 2.00. The summed E-state index contributed by atoms with van der Waals surface area (Å²) >= 11 is 15.5. The van der Waals surface area contributed by atoms with Crippen LogP contribution in [0, 0.1) is 0 Å². The van der Waals surface area contributed by atoms with Crippen LogP contribution in [-0.4, -0.2) is 10.7 Å². The maximum atomic E-state index is 5.78. The summed E-state index contributed by atoms with van der Waals surface area (Å²) in [6.07, 6.45) is 0.826. The van der Waals surface area contributed by atoms with Gasteiger partial charge in [0.05, 0.1) is 0 Å². The Balaban J connectivity index is 2.90. The van der Waals surface area contributed by atoms with Gasteiger partial charge < -0.3 is 0 Å². The van der Waals surface area contributed by atoms with Gasteiger partial charge in [-0.15, -0.1) is 0 Å². The molecule has 0 radical (unpaired) electrons. The first-order chi connectivity index (χ1) is 5.24. The molecule has 0 fully saturated rings. The van der Waals surface area contributed by atoms with E-state index in [1.807, 2.05) is 6.07 Å². The molecular weight excluding hydrogens is 201 g/mol. The molecular formula is C7H7Cl2NS. The van der Waals surface area contributed by atoms with E-state index in [4.69, 9.17) is 23.2 Å². The summed E-state index contributed by atoms with van der Waals surface area (Å²) in [5, 5.41) is 0.907. The molecule has 4 heteroatoms. The number of thiol groups is 1. The van der Waals surface area contributed by atoms with E-state index >= 15 is 0 Å². The topological polar surface area (TPSA) is 12.9 Å². The van der Waals surface area contributed by atoms with Crippen molar-refractivity contribution in [1.82, 2.24) is 4.98 Å². The molecule has 0 aromatic carbocycles. The maximum Gasteiger partial charge on any atom is 0.134 e. The van der Waals surface area contributed by atoms with E-state index in [2.05, 4.69) is 17.6 Å². The molecule has 1 heterocycles. The van der Waals surface area contributed by atoms with Crippen LogP contribution in [0.2, 0.25) is 10.3 Å². The molecule has 0 aliphatic rings. The van der Waals surface area contributed by atoms with E-state index in [0.29, 0.717) is 10.3 Å². The SMILES string of the molecule is SCCc1ccc(Cl)nc1Cl. The molecule has 1 nitrogen and oxygen atoms in total. The van der Waals surface area contributed by atoms with Crippen molar-refractivity contribution in [3.63, 3.8) is 0 Å². The number of aromatic nitrogens is 1. The monoisotopic (exact) mass is 207 g/mol. The zero-order valence-electron chi connectivity index (χ0n) is 5.72. The second-order valence-corrected chi connectivity index (χ2v) is 3.25. The van der Waals surface area contributed by atoms with Crippen molar-refractivity contribution in [3.8, 4) is 0 Å². The van der Waals surface area contributed by atoms with Crippen LogP contribution < -0.4 is 0 Å². The summed E-state index contributed by atoms with van der Waals surface area (Å²) in [7, 11) is 0. The van der Waals surface area contributed by atoms with Crippen molar-refractivity contribution in [2.75, 3.05) is 5.75 Å². The molecule has 1 aromatic heterocycles. The highest BCUT2D eigenvalue weighted by atomic mass is 35.5. The van der Waals surface area contributed by atoms with Gasteiger partial charge in [0.2, 0.25) is 0 Å². The molecule has 1 aromatic rings. The molecule has 0 saturated carbocycles. The third kappa shape index (κ3) is 2.55. The van der Waals surface area contributed by atoms with Crippen molar-refractivity contribution in [3.05, 3.63) is 28.0 Å². The largest absolute Gasteiger partial charge is 0.224 e. The average molecular weight is 208 g/mol. The fraction of sp³-hybridized carbons (Fsp3) is 0.286. The minimum absolute atomic E-state index is 0.429. The van der Waals surface area contributed by atoms with Gasteiger partial charge in [-0.2, -0.15) is 12.6 Å². The van der Waals surface area contributed by atoms with Crippen molar-refractivity contribution < 1.29 is 0 Å². The highest BCUT2D eigenvalue weighted by molar-refractivity contribution is 7.80. The minimum atomic E-state index is 0.429. The van der Waals surface area contributed by atoms with Gasteiger partial charge in [0, 0.05) is 0 Å². The lowest BCUT2D eigenvalue weighted by atomic mass is 10.2. The molecule has 0 spiro atoms. The standard InChI is InChI=1S/C7H7Cl2NS/c8-6-2-1-5(3-4-11)7(9)10-6/h1-2,11H,3-4H2. The van der Waals surface area contributed by atoms with Gasteiger partial charge in [-0.3, -0.25) is 0 Å². The lowest BCUT2D eigenvalue weighted by Crippen LogP contribution is -1.89. The molecule has 0 aliphatic heterocycles. The highest BCUT2D eigenvalue weighted by Crippen LogP contribution is 2.16. The molecule has 1 rings (SSSR count). The Morgan fingerprint density at radius 1 is 1.36 bits per heavy atom. The van der Waals surface area contributed by atoms with E-state index < -0.39 is 0 Å². The van der Waals surface area contributed by atoms with Gasteiger partial charge in [-0.1, -0.05) is 29.3 Å². The number of hydrogen-bond donors (Lipinski definition) is 1. The fourth-order valence-electron chi connectivity index (χ4n) is 0.748. The number of aryl methyl sites for hydroxylation is 1. The summed E-state index contributed by atoms with van der Waals surface area (Å²) in [5.74, 6) is 0.767. The van der Waals surface area contributed by atoms with Gasteiger partial charge in [0.25, 0.3) is 0 Å². The van der Waals surface area contributed by atoms with Crippen LogP contribution in [0.15, 0.2) is 12.1 Å². The first kappa shape index (κ1) is 9.17. The maximum absolute atomic E-state index is 5.78. The van der Waals surface area contributed by atoms with Crippen LogP contribution in [0.3, 0.4) is 0 Å². The zero-order valence-corrected chi connectivity index (χ0v) is 8.13. The summed E-state index contributed by atoms with van der Waals surface area (Å²) in [4.78, 5) is 3.89. The Bertz CT molecular complexity index is 252. The Morgan fingerprint density at radius 3 is 2.64 bits per heavy atom. The van der Waals surface area contributed by atoms with Gasteiger partial charge in [0.15, 0.2) is 0 Å². The van der Waals surface area contributed by atoms with E-state index in [1.54, 1.807) is 6.07 Å². The first-order valence-corrected chi connectivity index (χ1v) is 4.54. The molecule has 0 unspecified atom stereocenters. The summed E-state index contributed by atoms with van der Waals surface area (Å²) in [6, 6.07) is 3.60. The first-order valence-electron chi connectivity index (χ1n) is 3.16. The lowest BCUT2D eigenvalue weighted by Gasteiger charge is -1.99. The second kappa shape index (κ2) is 4.19. The van der Waals surface area contributed by atoms with Crippen LogP contribution >= 0.6 is 35.8 Å². The van der Waals surface area contributed by atoms with Crippen molar-refractivity contribution in [2.24, 2.45) is 0 Å². The fourth-order valence-corrected chi connectivity index (χ4v) is 1.43. The molecule has 0 bridgehead atoms. The molecule has 0 aliphatic carbocycles. The van der Waals surface area contributed by atoms with E-state index in [1.165, 1.54) is 0 Å². The number of rotatable bonds is 2. The van der Waals surface area contributed by atoms with Crippen LogP contribution in [0.25, 0.3) is 0 Å². The Kier molecular flexibility index (Phi) is 3.49. The third-order valence-electron chi connectivity index (χ3n) is 1.27. The van der Waals surface area contributed by atoms with Crippen LogP contribution in [0.1, 0.15) is 5.56 Å². The Morgan fingerprint density at radius 2 is 2.09 bits per heavy atom. The van der Waals surface area contributed by atoms with E-state index in [-0.39, 0.29) is 0 Å². The van der Waals surface area contributed by atoms with Crippen LogP contribution in [0.4, 0.5) is 0 Å². The molecule has 11 heavy (non-hydrogen) atoms. The number of hydrogen-bond acceptors (Lipinski definition) is 2. The van der Waals surface area contributed by atoms with Crippen LogP contribution in [0.5, 0.6) is 0 Å². The molecule has 0 N–H and O–H groups in total. The second-order valence-electron chi connectivity index (χ2n) is 2.06.